The van der Waals surface area contributed by atoms with Crippen molar-refractivity contribution in [3.63, 3.8) is 0 Å². The first-order chi connectivity index (χ1) is 8.63. The summed E-state index contributed by atoms with van der Waals surface area (Å²) >= 11 is 0. The van der Waals surface area contributed by atoms with Gasteiger partial charge in [-0.15, -0.1) is 0 Å². The minimum atomic E-state index is 0.155. The predicted molar refractivity (Wildman–Crippen MR) is 74.8 cm³/mol. The molecular formula is C15H22N2O. The molecule has 2 rings (SSSR count). The number of carbonyl (C=O) groups is 1. The summed E-state index contributed by atoms with van der Waals surface area (Å²) in [6.07, 6.45) is 0. The Morgan fingerprint density at radius 2 is 1.89 bits per heavy atom. The number of nitrogens with one attached hydrogen (secondary N) is 1. The van der Waals surface area contributed by atoms with Crippen LogP contribution in [-0.2, 0) is 0 Å². The van der Waals surface area contributed by atoms with Crippen LogP contribution in [0.4, 0.5) is 5.69 Å². The van der Waals surface area contributed by atoms with Crippen LogP contribution >= 0.6 is 0 Å². The molecule has 0 aliphatic carbocycles. The molecule has 98 valence electrons. The second-order valence-corrected chi connectivity index (χ2v) is 5.24. The van der Waals surface area contributed by atoms with E-state index >= 15 is 0 Å². The molecule has 0 spiro atoms. The summed E-state index contributed by atoms with van der Waals surface area (Å²) in [5.74, 6) is 1.35. The first-order valence-electron chi connectivity index (χ1n) is 6.75. The Morgan fingerprint density at radius 1 is 1.28 bits per heavy atom. The molecule has 2 unspecified atom stereocenters. The van der Waals surface area contributed by atoms with E-state index < -0.39 is 0 Å². The van der Waals surface area contributed by atoms with Gasteiger partial charge in [0.25, 0.3) is 5.91 Å². The third-order valence-electron chi connectivity index (χ3n) is 3.80. The lowest BCUT2D eigenvalue weighted by molar-refractivity contribution is 0.0786. The number of nitrogens with zero attached hydrogens (tertiary/aromatic N) is 1. The molecule has 1 aliphatic rings. The lowest BCUT2D eigenvalue weighted by Gasteiger charge is -2.18. The second-order valence-electron chi connectivity index (χ2n) is 5.24. The van der Waals surface area contributed by atoms with E-state index in [0.29, 0.717) is 11.8 Å². The van der Waals surface area contributed by atoms with Crippen molar-refractivity contribution in [2.24, 2.45) is 11.8 Å². The van der Waals surface area contributed by atoms with Crippen LogP contribution in [0, 0.1) is 11.8 Å². The maximum Gasteiger partial charge on any atom is 0.255 e. The van der Waals surface area contributed by atoms with Crippen molar-refractivity contribution < 1.29 is 4.79 Å². The standard InChI is InChI=1S/C15H22N2O/c1-4-16-14-8-6-5-7-13(14)15(18)17-9-11(2)12(3)10-17/h5-8,11-12,16H,4,9-10H2,1-3H3. The first-order valence-corrected chi connectivity index (χ1v) is 6.75. The predicted octanol–water partition coefficient (Wildman–Crippen LogP) is 2.85. The fraction of sp³-hybridized carbons (Fsp3) is 0.533. The quantitative estimate of drug-likeness (QED) is 0.889. The Bertz CT molecular complexity index is 420. The molecule has 3 nitrogen and oxygen atoms in total. The largest absolute Gasteiger partial charge is 0.385 e. The van der Waals surface area contributed by atoms with E-state index in [1.54, 1.807) is 0 Å². The van der Waals surface area contributed by atoms with Gasteiger partial charge in [0, 0.05) is 25.3 Å². The molecule has 1 aliphatic heterocycles. The van der Waals surface area contributed by atoms with E-state index in [9.17, 15) is 4.79 Å². The molecule has 18 heavy (non-hydrogen) atoms. The van der Waals surface area contributed by atoms with E-state index in [1.807, 2.05) is 36.1 Å². The minimum absolute atomic E-state index is 0.155. The van der Waals surface area contributed by atoms with Gasteiger partial charge in [-0.2, -0.15) is 0 Å². The van der Waals surface area contributed by atoms with Gasteiger partial charge in [-0.3, -0.25) is 4.79 Å². The number of rotatable bonds is 3. The number of hydrogen-bond acceptors (Lipinski definition) is 2. The van der Waals surface area contributed by atoms with Crippen molar-refractivity contribution in [3.8, 4) is 0 Å². The van der Waals surface area contributed by atoms with Crippen LogP contribution in [0.15, 0.2) is 24.3 Å². The maximum atomic E-state index is 12.5. The van der Waals surface area contributed by atoms with E-state index in [2.05, 4.69) is 19.2 Å². The highest BCUT2D eigenvalue weighted by Crippen LogP contribution is 2.25. The van der Waals surface area contributed by atoms with Crippen LogP contribution in [0.1, 0.15) is 31.1 Å². The summed E-state index contributed by atoms with van der Waals surface area (Å²) in [5, 5.41) is 3.26. The van der Waals surface area contributed by atoms with Crippen molar-refractivity contribution in [2.75, 3.05) is 25.0 Å². The number of hydrogen-bond donors (Lipinski definition) is 1. The van der Waals surface area contributed by atoms with Gasteiger partial charge in [-0.25, -0.2) is 0 Å². The Hall–Kier alpha value is -1.51. The number of likely N-dealkylation sites (tertiary alicyclic amines) is 1. The zero-order valence-electron chi connectivity index (χ0n) is 11.4. The van der Waals surface area contributed by atoms with Gasteiger partial charge < -0.3 is 10.2 Å². The SMILES string of the molecule is CCNc1ccccc1C(=O)N1CC(C)C(C)C1. The number of para-hydroxylation sites is 1. The van der Waals surface area contributed by atoms with Gasteiger partial charge in [0.05, 0.1) is 5.56 Å². The van der Waals surface area contributed by atoms with Crippen LogP contribution in [-0.4, -0.2) is 30.4 Å². The highest BCUT2D eigenvalue weighted by Gasteiger charge is 2.30. The van der Waals surface area contributed by atoms with Crippen LogP contribution in [0.5, 0.6) is 0 Å². The first kappa shape index (κ1) is 12.9. The topological polar surface area (TPSA) is 32.3 Å². The third-order valence-corrected chi connectivity index (χ3v) is 3.80. The fourth-order valence-electron chi connectivity index (χ4n) is 2.48. The van der Waals surface area contributed by atoms with E-state index in [4.69, 9.17) is 0 Å². The van der Waals surface area contributed by atoms with Gasteiger partial charge >= 0.3 is 0 Å². The molecule has 1 amide bonds. The van der Waals surface area contributed by atoms with Crippen LogP contribution in [0.3, 0.4) is 0 Å². The zero-order chi connectivity index (χ0) is 13.1. The van der Waals surface area contributed by atoms with Gasteiger partial charge in [0.1, 0.15) is 0 Å². The van der Waals surface area contributed by atoms with Gasteiger partial charge in [-0.05, 0) is 30.9 Å². The molecule has 3 heteroatoms. The zero-order valence-corrected chi connectivity index (χ0v) is 11.4. The molecule has 1 aromatic carbocycles. The monoisotopic (exact) mass is 246 g/mol. The normalized spacial score (nSPS) is 23.2. The molecule has 0 saturated carbocycles. The number of amides is 1. The van der Waals surface area contributed by atoms with Crippen LogP contribution < -0.4 is 5.32 Å². The fourth-order valence-corrected chi connectivity index (χ4v) is 2.48. The van der Waals surface area contributed by atoms with E-state index in [-0.39, 0.29) is 5.91 Å². The molecule has 0 aromatic heterocycles. The molecule has 1 fully saturated rings. The average molecular weight is 246 g/mol. The van der Waals surface area contributed by atoms with E-state index in [0.717, 1.165) is 30.9 Å². The Morgan fingerprint density at radius 3 is 2.50 bits per heavy atom. The Balaban J connectivity index is 2.19. The summed E-state index contributed by atoms with van der Waals surface area (Å²) in [4.78, 5) is 14.5. The molecule has 1 N–H and O–H groups in total. The van der Waals surface area contributed by atoms with Gasteiger partial charge in [0.2, 0.25) is 0 Å². The summed E-state index contributed by atoms with van der Waals surface area (Å²) in [6, 6.07) is 7.77. The minimum Gasteiger partial charge on any atom is -0.385 e. The van der Waals surface area contributed by atoms with Crippen molar-refractivity contribution in [1.29, 1.82) is 0 Å². The molecule has 1 saturated heterocycles. The summed E-state index contributed by atoms with van der Waals surface area (Å²) in [6.45, 7) is 9.06. The Kier molecular flexibility index (Phi) is 3.90. The van der Waals surface area contributed by atoms with Crippen molar-refractivity contribution in [2.45, 2.75) is 20.8 Å². The lowest BCUT2D eigenvalue weighted by Crippen LogP contribution is -2.29. The summed E-state index contributed by atoms with van der Waals surface area (Å²) < 4.78 is 0. The van der Waals surface area contributed by atoms with Crippen LogP contribution in [0.25, 0.3) is 0 Å². The smallest absolute Gasteiger partial charge is 0.255 e. The molecule has 0 bridgehead atoms. The summed E-state index contributed by atoms with van der Waals surface area (Å²) in [7, 11) is 0. The molecule has 1 heterocycles. The second kappa shape index (κ2) is 5.42. The van der Waals surface area contributed by atoms with E-state index in [1.165, 1.54) is 0 Å². The molecular weight excluding hydrogens is 224 g/mol. The number of benzene rings is 1. The average Bonchev–Trinajstić information content (AvgIpc) is 2.70. The highest BCUT2D eigenvalue weighted by molar-refractivity contribution is 5.99. The molecule has 2 atom stereocenters. The van der Waals surface area contributed by atoms with Crippen molar-refractivity contribution in [3.05, 3.63) is 29.8 Å². The summed E-state index contributed by atoms with van der Waals surface area (Å²) in [5.41, 5.74) is 1.73. The van der Waals surface area contributed by atoms with Gasteiger partial charge in [0.15, 0.2) is 0 Å². The van der Waals surface area contributed by atoms with Crippen LogP contribution in [0.2, 0.25) is 0 Å². The number of carbonyl (C=O) groups excluding carboxylic acids is 1. The highest BCUT2D eigenvalue weighted by atomic mass is 16.2. The van der Waals surface area contributed by atoms with Gasteiger partial charge in [-0.1, -0.05) is 26.0 Å². The van der Waals surface area contributed by atoms with Crippen molar-refractivity contribution >= 4 is 11.6 Å². The molecule has 1 aromatic rings. The third kappa shape index (κ3) is 2.50. The molecule has 0 radical (unpaired) electrons. The maximum absolute atomic E-state index is 12.5. The Labute approximate surface area is 109 Å². The number of anilines is 1. The lowest BCUT2D eigenvalue weighted by atomic mass is 10.0. The van der Waals surface area contributed by atoms with Crippen molar-refractivity contribution in [1.82, 2.24) is 4.90 Å².